The second kappa shape index (κ2) is 5.55. The summed E-state index contributed by atoms with van der Waals surface area (Å²) in [5, 5.41) is 9.99. The van der Waals surface area contributed by atoms with E-state index in [4.69, 9.17) is 15.6 Å². The van der Waals surface area contributed by atoms with Crippen molar-refractivity contribution >= 4 is 22.4 Å². The number of nitrogens with zero attached hydrogens (tertiary/aromatic N) is 2. The van der Waals surface area contributed by atoms with Crippen LogP contribution in [0.5, 0.6) is 5.75 Å². The molecule has 1 atom stereocenters. The minimum atomic E-state index is 0.266. The summed E-state index contributed by atoms with van der Waals surface area (Å²) in [7, 11) is 0. The van der Waals surface area contributed by atoms with Crippen LogP contribution in [0.3, 0.4) is 0 Å². The Hall–Kier alpha value is -1.01. The number of rotatable bonds is 5. The molecule has 0 bridgehead atoms. The Morgan fingerprint density at radius 2 is 2.47 bits per heavy atom. The van der Waals surface area contributed by atoms with Gasteiger partial charge < -0.3 is 20.5 Å². The van der Waals surface area contributed by atoms with Crippen molar-refractivity contribution in [2.45, 2.75) is 19.8 Å². The van der Waals surface area contributed by atoms with E-state index in [0.717, 1.165) is 36.7 Å². The zero-order valence-corrected chi connectivity index (χ0v) is 10.9. The lowest BCUT2D eigenvalue weighted by Crippen LogP contribution is -2.19. The van der Waals surface area contributed by atoms with Gasteiger partial charge >= 0.3 is 0 Å². The Morgan fingerprint density at radius 3 is 3.18 bits per heavy atom. The number of hydrogen-bond acceptors (Lipinski definition) is 6. The van der Waals surface area contributed by atoms with Gasteiger partial charge in [-0.25, -0.2) is 0 Å². The second-order valence-corrected chi connectivity index (χ2v) is 5.00. The largest absolute Gasteiger partial charge is 0.487 e. The van der Waals surface area contributed by atoms with Gasteiger partial charge in [0.05, 0.1) is 6.61 Å². The first-order valence-corrected chi connectivity index (χ1v) is 6.77. The van der Waals surface area contributed by atoms with Gasteiger partial charge in [0.15, 0.2) is 16.6 Å². The molecule has 1 aromatic heterocycles. The zero-order valence-electron chi connectivity index (χ0n) is 10.1. The molecular weight excluding hydrogens is 238 g/mol. The van der Waals surface area contributed by atoms with Gasteiger partial charge in [-0.2, -0.15) is 4.37 Å². The maximum Gasteiger partial charge on any atom is 0.197 e. The maximum absolute atomic E-state index is 8.95. The molecule has 1 fully saturated rings. The SMILES string of the molecule is CCOc1c(N)nsc1N1CCC(CCO)C1. The Bertz CT molecular complexity index is 370. The summed E-state index contributed by atoms with van der Waals surface area (Å²) in [6, 6.07) is 0. The fraction of sp³-hybridized carbons (Fsp3) is 0.727. The van der Waals surface area contributed by atoms with E-state index in [2.05, 4.69) is 9.27 Å². The molecule has 0 aromatic carbocycles. The van der Waals surface area contributed by atoms with Crippen molar-refractivity contribution in [2.24, 2.45) is 5.92 Å². The van der Waals surface area contributed by atoms with Crippen LogP contribution in [0.4, 0.5) is 10.8 Å². The molecule has 0 aliphatic carbocycles. The molecule has 1 aliphatic rings. The molecule has 0 saturated carbocycles. The zero-order chi connectivity index (χ0) is 12.3. The van der Waals surface area contributed by atoms with Crippen LogP contribution in [0.1, 0.15) is 19.8 Å². The first-order chi connectivity index (χ1) is 8.26. The third-order valence-electron chi connectivity index (χ3n) is 3.06. The van der Waals surface area contributed by atoms with Crippen LogP contribution in [0.25, 0.3) is 0 Å². The van der Waals surface area contributed by atoms with Gasteiger partial charge in [-0.3, -0.25) is 0 Å². The summed E-state index contributed by atoms with van der Waals surface area (Å²) in [5.41, 5.74) is 5.80. The summed E-state index contributed by atoms with van der Waals surface area (Å²) >= 11 is 1.40. The number of hydrogen-bond donors (Lipinski definition) is 2. The Morgan fingerprint density at radius 1 is 1.65 bits per heavy atom. The Kier molecular flexibility index (Phi) is 4.06. The van der Waals surface area contributed by atoms with E-state index in [1.165, 1.54) is 11.5 Å². The van der Waals surface area contributed by atoms with Crippen LogP contribution >= 0.6 is 11.5 Å². The smallest absolute Gasteiger partial charge is 0.197 e. The fourth-order valence-corrected chi connectivity index (χ4v) is 3.00. The number of nitrogen functional groups attached to an aromatic ring is 1. The molecule has 5 nitrogen and oxygen atoms in total. The predicted molar refractivity (Wildman–Crippen MR) is 69.7 cm³/mol. The number of anilines is 2. The molecule has 6 heteroatoms. The molecular formula is C11H19N3O2S. The van der Waals surface area contributed by atoms with E-state index >= 15 is 0 Å². The van der Waals surface area contributed by atoms with Gasteiger partial charge in [0, 0.05) is 19.7 Å². The lowest BCUT2D eigenvalue weighted by atomic mass is 10.1. The van der Waals surface area contributed by atoms with Crippen molar-refractivity contribution in [1.82, 2.24) is 4.37 Å². The highest BCUT2D eigenvalue weighted by molar-refractivity contribution is 7.11. The van der Waals surface area contributed by atoms with E-state index in [0.29, 0.717) is 18.3 Å². The number of aliphatic hydroxyl groups is 1. The molecule has 0 spiro atoms. The predicted octanol–water partition coefficient (Wildman–Crippen LogP) is 1.33. The van der Waals surface area contributed by atoms with E-state index in [1.54, 1.807) is 0 Å². The lowest BCUT2D eigenvalue weighted by Gasteiger charge is -2.17. The average Bonchev–Trinajstić information content (AvgIpc) is 2.89. The number of nitrogens with two attached hydrogens (primary N) is 1. The topological polar surface area (TPSA) is 71.6 Å². The van der Waals surface area contributed by atoms with Crippen LogP contribution in [0.15, 0.2) is 0 Å². The van der Waals surface area contributed by atoms with E-state index in [9.17, 15) is 0 Å². The monoisotopic (exact) mass is 257 g/mol. The molecule has 2 heterocycles. The highest BCUT2D eigenvalue weighted by Crippen LogP contribution is 2.40. The lowest BCUT2D eigenvalue weighted by molar-refractivity contribution is 0.263. The van der Waals surface area contributed by atoms with Gasteiger partial charge in [0.2, 0.25) is 0 Å². The third-order valence-corrected chi connectivity index (χ3v) is 3.96. The van der Waals surface area contributed by atoms with Crippen LogP contribution in [0.2, 0.25) is 0 Å². The van der Waals surface area contributed by atoms with Gasteiger partial charge in [-0.05, 0) is 37.2 Å². The molecule has 1 aliphatic heterocycles. The first kappa shape index (κ1) is 12.4. The number of ether oxygens (including phenoxy) is 1. The quantitative estimate of drug-likeness (QED) is 0.832. The summed E-state index contributed by atoms with van der Waals surface area (Å²) in [6.07, 6.45) is 1.98. The van der Waals surface area contributed by atoms with Gasteiger partial charge in [0.25, 0.3) is 0 Å². The van der Waals surface area contributed by atoms with Crippen molar-refractivity contribution < 1.29 is 9.84 Å². The maximum atomic E-state index is 8.95. The molecule has 17 heavy (non-hydrogen) atoms. The summed E-state index contributed by atoms with van der Waals surface area (Å²) in [5.74, 6) is 1.78. The highest BCUT2D eigenvalue weighted by Gasteiger charge is 2.27. The summed E-state index contributed by atoms with van der Waals surface area (Å²) in [4.78, 5) is 2.26. The number of aliphatic hydroxyl groups excluding tert-OH is 1. The summed E-state index contributed by atoms with van der Waals surface area (Å²) in [6.45, 7) is 4.76. The molecule has 1 saturated heterocycles. The summed E-state index contributed by atoms with van der Waals surface area (Å²) < 4.78 is 9.70. The minimum absolute atomic E-state index is 0.266. The van der Waals surface area contributed by atoms with Gasteiger partial charge in [-0.1, -0.05) is 0 Å². The molecule has 96 valence electrons. The molecule has 3 N–H and O–H groups in total. The number of aromatic nitrogens is 1. The third kappa shape index (κ3) is 2.63. The molecule has 2 rings (SSSR count). The van der Waals surface area contributed by atoms with E-state index in [-0.39, 0.29) is 6.61 Å². The van der Waals surface area contributed by atoms with Crippen molar-refractivity contribution in [1.29, 1.82) is 0 Å². The van der Waals surface area contributed by atoms with Crippen LogP contribution in [-0.2, 0) is 0 Å². The van der Waals surface area contributed by atoms with Crippen molar-refractivity contribution in [3.63, 3.8) is 0 Å². The second-order valence-electron chi connectivity index (χ2n) is 4.25. The van der Waals surface area contributed by atoms with Crippen molar-refractivity contribution in [2.75, 3.05) is 36.9 Å². The average molecular weight is 257 g/mol. The van der Waals surface area contributed by atoms with E-state index < -0.39 is 0 Å². The Balaban J connectivity index is 2.07. The van der Waals surface area contributed by atoms with Crippen molar-refractivity contribution in [3.05, 3.63) is 0 Å². The molecule has 1 aromatic rings. The molecule has 1 unspecified atom stereocenters. The van der Waals surface area contributed by atoms with Gasteiger partial charge in [-0.15, -0.1) is 0 Å². The standard InChI is InChI=1S/C11H19N3O2S/c1-2-16-9-10(12)13-17-11(9)14-5-3-8(7-14)4-6-15/h8,15H,2-7H2,1H3,(H2,12,13). The van der Waals surface area contributed by atoms with Gasteiger partial charge in [0.1, 0.15) is 0 Å². The van der Waals surface area contributed by atoms with E-state index in [1.807, 2.05) is 6.92 Å². The normalized spacial score (nSPS) is 19.9. The van der Waals surface area contributed by atoms with Crippen molar-refractivity contribution in [3.8, 4) is 5.75 Å². The minimum Gasteiger partial charge on any atom is -0.487 e. The fourth-order valence-electron chi connectivity index (χ4n) is 2.20. The van der Waals surface area contributed by atoms with Crippen LogP contribution < -0.4 is 15.4 Å². The molecule has 0 radical (unpaired) electrons. The highest BCUT2D eigenvalue weighted by atomic mass is 32.1. The Labute approximate surface area is 105 Å². The molecule has 0 amide bonds. The van der Waals surface area contributed by atoms with Crippen LogP contribution in [0, 0.1) is 5.92 Å². The first-order valence-electron chi connectivity index (χ1n) is 6.00. The van der Waals surface area contributed by atoms with Crippen LogP contribution in [-0.4, -0.2) is 35.8 Å².